The predicted molar refractivity (Wildman–Crippen MR) is 65.0 cm³/mol. The predicted octanol–water partition coefficient (Wildman–Crippen LogP) is 2.63. The normalized spacial score (nSPS) is 31.2. The van der Waals surface area contributed by atoms with Crippen LogP contribution in [0.3, 0.4) is 0 Å². The highest BCUT2D eigenvalue weighted by atomic mass is 16.6. The Kier molecular flexibility index (Phi) is 4.00. The Morgan fingerprint density at radius 3 is 2.31 bits per heavy atom. The second kappa shape index (κ2) is 4.74. The van der Waals surface area contributed by atoms with E-state index in [9.17, 15) is 4.79 Å². The number of nitrogens with two attached hydrogens (primary N) is 1. The lowest BCUT2D eigenvalue weighted by molar-refractivity contribution is -0.156. The molecule has 0 radical (unpaired) electrons. The third kappa shape index (κ3) is 4.52. The van der Waals surface area contributed by atoms with E-state index in [-0.39, 0.29) is 11.5 Å². The van der Waals surface area contributed by atoms with Gasteiger partial charge in [0, 0.05) is 5.54 Å². The van der Waals surface area contributed by atoms with E-state index in [1.165, 1.54) is 0 Å². The first-order chi connectivity index (χ1) is 7.20. The first-order valence-corrected chi connectivity index (χ1v) is 6.21. The van der Waals surface area contributed by atoms with Crippen molar-refractivity contribution in [1.82, 2.24) is 0 Å². The fourth-order valence-corrected chi connectivity index (χ4v) is 2.18. The van der Waals surface area contributed by atoms with Gasteiger partial charge < -0.3 is 10.5 Å². The maximum Gasteiger partial charge on any atom is 0.308 e. The van der Waals surface area contributed by atoms with Gasteiger partial charge in [0.2, 0.25) is 0 Å². The fourth-order valence-electron chi connectivity index (χ4n) is 2.18. The first kappa shape index (κ1) is 13.5. The van der Waals surface area contributed by atoms with Gasteiger partial charge in [0.15, 0.2) is 0 Å². The molecule has 0 aromatic heterocycles. The average molecular weight is 227 g/mol. The monoisotopic (exact) mass is 227 g/mol. The van der Waals surface area contributed by atoms with Crippen LogP contribution in [0.4, 0.5) is 0 Å². The van der Waals surface area contributed by atoms with Crippen LogP contribution in [0.5, 0.6) is 0 Å². The Balaban J connectivity index is 2.44. The Morgan fingerprint density at radius 2 is 1.88 bits per heavy atom. The van der Waals surface area contributed by atoms with Crippen LogP contribution >= 0.6 is 0 Å². The molecule has 0 unspecified atom stereocenters. The zero-order chi connectivity index (χ0) is 12.4. The van der Waals surface area contributed by atoms with Crippen molar-refractivity contribution in [2.45, 2.75) is 70.9 Å². The maximum absolute atomic E-state index is 11.7. The van der Waals surface area contributed by atoms with Crippen molar-refractivity contribution >= 4 is 5.97 Å². The second-order valence-electron chi connectivity index (χ2n) is 6.31. The van der Waals surface area contributed by atoms with Crippen molar-refractivity contribution < 1.29 is 9.53 Å². The van der Waals surface area contributed by atoms with E-state index in [0.717, 1.165) is 31.6 Å². The lowest BCUT2D eigenvalue weighted by Gasteiger charge is -2.36. The summed E-state index contributed by atoms with van der Waals surface area (Å²) in [5, 5.41) is 0. The van der Waals surface area contributed by atoms with E-state index < -0.39 is 5.60 Å². The summed E-state index contributed by atoms with van der Waals surface area (Å²) in [6, 6.07) is 0. The van der Waals surface area contributed by atoms with Crippen molar-refractivity contribution in [3.8, 4) is 0 Å². The van der Waals surface area contributed by atoms with Gasteiger partial charge in [-0.25, -0.2) is 0 Å². The summed E-state index contributed by atoms with van der Waals surface area (Å²) in [4.78, 5) is 11.7. The molecule has 0 aromatic rings. The molecule has 3 heteroatoms. The number of carbonyl (C=O) groups excluding carboxylic acids is 1. The van der Waals surface area contributed by atoms with Gasteiger partial charge in [-0.3, -0.25) is 4.79 Å². The molecule has 2 N–H and O–H groups in total. The van der Waals surface area contributed by atoms with Gasteiger partial charge in [-0.15, -0.1) is 0 Å². The Hall–Kier alpha value is -0.570. The summed E-state index contributed by atoms with van der Waals surface area (Å²) in [5.74, 6) is 0.583. The fraction of sp³-hybridized carbons (Fsp3) is 0.923. The minimum absolute atomic E-state index is 0.162. The van der Waals surface area contributed by atoms with Gasteiger partial charge >= 0.3 is 5.97 Å². The lowest BCUT2D eigenvalue weighted by atomic mass is 9.76. The van der Waals surface area contributed by atoms with Crippen molar-refractivity contribution in [2.75, 3.05) is 0 Å². The molecule has 0 heterocycles. The third-order valence-electron chi connectivity index (χ3n) is 3.19. The number of ether oxygens (including phenoxy) is 1. The van der Waals surface area contributed by atoms with Crippen LogP contribution in [0.15, 0.2) is 0 Å². The Labute approximate surface area is 98.7 Å². The maximum atomic E-state index is 11.7. The quantitative estimate of drug-likeness (QED) is 0.738. The van der Waals surface area contributed by atoms with Crippen molar-refractivity contribution in [2.24, 2.45) is 11.7 Å². The third-order valence-corrected chi connectivity index (χ3v) is 3.19. The second-order valence-corrected chi connectivity index (χ2v) is 6.31. The summed E-state index contributed by atoms with van der Waals surface area (Å²) in [6.07, 6.45) is 4.48. The zero-order valence-corrected chi connectivity index (χ0v) is 11.0. The van der Waals surface area contributed by atoms with Crippen LogP contribution in [0.25, 0.3) is 0 Å². The summed E-state index contributed by atoms with van der Waals surface area (Å²) in [6.45, 7) is 7.90. The molecule has 0 atom stereocenters. The summed E-state index contributed by atoms with van der Waals surface area (Å²) in [5.41, 5.74) is 5.51. The van der Waals surface area contributed by atoms with Crippen LogP contribution in [-0.4, -0.2) is 17.1 Å². The summed E-state index contributed by atoms with van der Waals surface area (Å²) < 4.78 is 5.31. The van der Waals surface area contributed by atoms with Gasteiger partial charge in [-0.05, 0) is 52.4 Å². The molecular formula is C13H25NO2. The lowest BCUT2D eigenvalue weighted by Crippen LogP contribution is -2.45. The smallest absolute Gasteiger partial charge is 0.308 e. The molecule has 0 aromatic carbocycles. The minimum atomic E-state index is -0.407. The van der Waals surface area contributed by atoms with Crippen LogP contribution in [0.1, 0.15) is 59.8 Å². The summed E-state index contributed by atoms with van der Waals surface area (Å²) >= 11 is 0. The number of carbonyl (C=O) groups is 1. The first-order valence-electron chi connectivity index (χ1n) is 6.21. The van der Waals surface area contributed by atoms with E-state index in [0.29, 0.717) is 6.42 Å². The van der Waals surface area contributed by atoms with E-state index in [1.54, 1.807) is 0 Å². The van der Waals surface area contributed by atoms with Crippen molar-refractivity contribution in [1.29, 1.82) is 0 Å². The molecule has 0 amide bonds. The van der Waals surface area contributed by atoms with Crippen LogP contribution in [-0.2, 0) is 9.53 Å². The molecule has 1 rings (SSSR count). The van der Waals surface area contributed by atoms with Gasteiger partial charge in [-0.1, -0.05) is 6.92 Å². The molecule has 3 nitrogen and oxygen atoms in total. The van der Waals surface area contributed by atoms with E-state index in [1.807, 2.05) is 20.8 Å². The van der Waals surface area contributed by atoms with Crippen molar-refractivity contribution in [3.63, 3.8) is 0 Å². The minimum Gasteiger partial charge on any atom is -0.460 e. The molecular weight excluding hydrogens is 202 g/mol. The van der Waals surface area contributed by atoms with E-state index >= 15 is 0 Å². The molecule has 1 aliphatic carbocycles. The molecule has 0 aliphatic heterocycles. The Morgan fingerprint density at radius 1 is 1.38 bits per heavy atom. The molecule has 0 bridgehead atoms. The standard InChI is InChI=1S/C13H25NO2/c1-10-5-7-13(14,8-6-10)9-11(15)16-12(2,3)4/h10H,5-9,14H2,1-4H3. The number of hydrogen-bond donors (Lipinski definition) is 1. The molecule has 94 valence electrons. The molecule has 0 saturated heterocycles. The molecule has 1 fully saturated rings. The van der Waals surface area contributed by atoms with Gasteiger partial charge in [0.05, 0.1) is 6.42 Å². The molecule has 1 aliphatic rings. The van der Waals surface area contributed by atoms with Crippen molar-refractivity contribution in [3.05, 3.63) is 0 Å². The van der Waals surface area contributed by atoms with Crippen LogP contribution < -0.4 is 5.73 Å². The largest absolute Gasteiger partial charge is 0.460 e. The zero-order valence-electron chi connectivity index (χ0n) is 11.0. The van der Waals surface area contributed by atoms with Gasteiger partial charge in [0.1, 0.15) is 5.60 Å². The highest BCUT2D eigenvalue weighted by Gasteiger charge is 2.33. The summed E-state index contributed by atoms with van der Waals surface area (Å²) in [7, 11) is 0. The topological polar surface area (TPSA) is 52.3 Å². The average Bonchev–Trinajstić information content (AvgIpc) is 2.07. The SMILES string of the molecule is CC1CCC(N)(CC(=O)OC(C)(C)C)CC1. The van der Waals surface area contributed by atoms with Gasteiger partial charge in [0.25, 0.3) is 0 Å². The number of rotatable bonds is 2. The highest BCUT2D eigenvalue weighted by molar-refractivity contribution is 5.71. The highest BCUT2D eigenvalue weighted by Crippen LogP contribution is 2.32. The van der Waals surface area contributed by atoms with Crippen LogP contribution in [0.2, 0.25) is 0 Å². The van der Waals surface area contributed by atoms with Crippen LogP contribution in [0, 0.1) is 5.92 Å². The van der Waals surface area contributed by atoms with E-state index in [2.05, 4.69) is 6.92 Å². The molecule has 1 saturated carbocycles. The molecule has 0 spiro atoms. The van der Waals surface area contributed by atoms with Gasteiger partial charge in [-0.2, -0.15) is 0 Å². The Bertz CT molecular complexity index is 247. The molecule has 16 heavy (non-hydrogen) atoms. The number of hydrogen-bond acceptors (Lipinski definition) is 3. The number of esters is 1. The van der Waals surface area contributed by atoms with E-state index in [4.69, 9.17) is 10.5 Å².